The van der Waals surface area contributed by atoms with E-state index in [2.05, 4.69) is 26.6 Å². The van der Waals surface area contributed by atoms with Gasteiger partial charge in [-0.15, -0.1) is 0 Å². The molecule has 9 nitrogen and oxygen atoms in total. The van der Waals surface area contributed by atoms with E-state index >= 15 is 0 Å². The molecule has 42 heavy (non-hydrogen) atoms. The molecule has 0 bridgehead atoms. The molecule has 2 N–H and O–H groups in total. The van der Waals surface area contributed by atoms with Crippen LogP contribution in [0.3, 0.4) is 0 Å². The summed E-state index contributed by atoms with van der Waals surface area (Å²) in [6.45, 7) is 5.97. The van der Waals surface area contributed by atoms with E-state index < -0.39 is 0 Å². The lowest BCUT2D eigenvalue weighted by Gasteiger charge is -2.44. The fraction of sp³-hybridized carbons (Fsp3) is 0.548. The first-order chi connectivity index (χ1) is 20.2. The Bertz CT molecular complexity index is 1310. The lowest BCUT2D eigenvalue weighted by Crippen LogP contribution is -2.56. The maximum atomic E-state index is 12.8. The number of rotatable bonds is 12. The maximum absolute atomic E-state index is 12.8. The fourth-order valence-corrected chi connectivity index (χ4v) is 6.08. The van der Waals surface area contributed by atoms with E-state index in [0.717, 1.165) is 29.9 Å². The van der Waals surface area contributed by atoms with Gasteiger partial charge in [-0.2, -0.15) is 5.26 Å². The number of aromatic nitrogens is 1. The number of nitriles is 1. The second kappa shape index (κ2) is 15.0. The average Bonchev–Trinajstić information content (AvgIpc) is 2.95. The summed E-state index contributed by atoms with van der Waals surface area (Å²) in [5.74, 6) is 0.00600. The van der Waals surface area contributed by atoms with Crippen molar-refractivity contribution < 1.29 is 14.3 Å². The van der Waals surface area contributed by atoms with Crippen LogP contribution in [0.1, 0.15) is 43.9 Å². The highest BCUT2D eigenvalue weighted by Gasteiger charge is 2.44. The molecule has 1 amide bonds. The fourth-order valence-electron chi connectivity index (χ4n) is 5.65. The number of ether oxygens (including phenoxy) is 2. The van der Waals surface area contributed by atoms with E-state index in [-0.39, 0.29) is 42.5 Å². The number of nitrogens with zero attached hydrogens (tertiary/aromatic N) is 4. The number of nitrogens with one attached hydrogen (secondary N) is 2. The SMILES string of the molecule is CCOC1CC2=NCC(C#N)C(Nc3cc(Cl)c(OCc4ncccc4C)cc3Cl)C2CC1NC(=O)CCCN(C)C. The Balaban J connectivity index is 1.50. The van der Waals surface area contributed by atoms with Crippen LogP contribution in [0.4, 0.5) is 5.69 Å². The molecule has 5 unspecified atom stereocenters. The zero-order valence-electron chi connectivity index (χ0n) is 24.7. The molecule has 1 aromatic carbocycles. The van der Waals surface area contributed by atoms with Gasteiger partial charge < -0.3 is 25.0 Å². The molecule has 1 aliphatic heterocycles. The van der Waals surface area contributed by atoms with E-state index in [9.17, 15) is 10.1 Å². The number of amides is 1. The van der Waals surface area contributed by atoms with Gasteiger partial charge in [0.2, 0.25) is 5.91 Å². The monoisotopic (exact) mass is 614 g/mol. The van der Waals surface area contributed by atoms with Gasteiger partial charge in [-0.3, -0.25) is 14.8 Å². The Kier molecular flexibility index (Phi) is 11.4. The van der Waals surface area contributed by atoms with Crippen LogP contribution < -0.4 is 15.4 Å². The van der Waals surface area contributed by atoms with Crippen molar-refractivity contribution in [2.75, 3.05) is 39.1 Å². The molecule has 1 aromatic heterocycles. The van der Waals surface area contributed by atoms with Crippen LogP contribution in [0.5, 0.6) is 5.75 Å². The molecule has 1 fully saturated rings. The molecule has 0 saturated heterocycles. The maximum Gasteiger partial charge on any atom is 0.220 e. The van der Waals surface area contributed by atoms with Crippen molar-refractivity contribution in [3.8, 4) is 11.8 Å². The van der Waals surface area contributed by atoms with Crippen LogP contribution >= 0.6 is 23.2 Å². The summed E-state index contributed by atoms with van der Waals surface area (Å²) in [7, 11) is 3.99. The third-order valence-electron chi connectivity index (χ3n) is 7.88. The predicted molar refractivity (Wildman–Crippen MR) is 166 cm³/mol. The van der Waals surface area contributed by atoms with E-state index in [1.165, 1.54) is 0 Å². The van der Waals surface area contributed by atoms with Crippen LogP contribution in [0.15, 0.2) is 35.5 Å². The van der Waals surface area contributed by atoms with Crippen LogP contribution in [-0.2, 0) is 16.1 Å². The second-order valence-electron chi connectivity index (χ2n) is 11.2. The first-order valence-electron chi connectivity index (χ1n) is 14.5. The minimum Gasteiger partial charge on any atom is -0.486 e. The Morgan fingerprint density at radius 2 is 2.07 bits per heavy atom. The number of aliphatic imine (C=N–C) groups is 1. The summed E-state index contributed by atoms with van der Waals surface area (Å²) >= 11 is 13.4. The molecule has 2 heterocycles. The lowest BCUT2D eigenvalue weighted by atomic mass is 9.72. The third kappa shape index (κ3) is 8.13. The Morgan fingerprint density at radius 1 is 1.26 bits per heavy atom. The second-order valence-corrected chi connectivity index (χ2v) is 12.0. The Hall–Kier alpha value is -2.90. The zero-order valence-corrected chi connectivity index (χ0v) is 26.2. The quantitative estimate of drug-likeness (QED) is 0.334. The Labute approximate surface area is 258 Å². The topological polar surface area (TPSA) is 112 Å². The zero-order chi connectivity index (χ0) is 30.2. The van der Waals surface area contributed by atoms with Gasteiger partial charge in [0.25, 0.3) is 0 Å². The lowest BCUT2D eigenvalue weighted by molar-refractivity contribution is -0.123. The van der Waals surface area contributed by atoms with Gasteiger partial charge in [-0.05, 0) is 65.0 Å². The van der Waals surface area contributed by atoms with E-state index in [0.29, 0.717) is 53.9 Å². The number of fused-ring (bicyclic) bond motifs is 1. The summed E-state index contributed by atoms with van der Waals surface area (Å²) in [4.78, 5) is 24.1. The van der Waals surface area contributed by atoms with Crippen molar-refractivity contribution in [3.05, 3.63) is 51.8 Å². The van der Waals surface area contributed by atoms with Gasteiger partial charge in [-0.25, -0.2) is 0 Å². The molecule has 0 radical (unpaired) electrons. The smallest absolute Gasteiger partial charge is 0.220 e. The number of hydrogen-bond acceptors (Lipinski definition) is 8. The van der Waals surface area contributed by atoms with Crippen LogP contribution in [0.25, 0.3) is 0 Å². The number of pyridine rings is 1. The molecular formula is C31H40Cl2N6O3. The van der Waals surface area contributed by atoms with Crippen molar-refractivity contribution in [2.24, 2.45) is 16.8 Å². The normalized spacial score (nSPS) is 23.5. The molecule has 11 heteroatoms. The van der Waals surface area contributed by atoms with Crippen molar-refractivity contribution in [1.82, 2.24) is 15.2 Å². The first-order valence-corrected chi connectivity index (χ1v) is 15.2. The minimum absolute atomic E-state index is 0.00963. The molecule has 4 rings (SSSR count). The Morgan fingerprint density at radius 3 is 2.79 bits per heavy atom. The van der Waals surface area contributed by atoms with Crippen LogP contribution in [0.2, 0.25) is 10.0 Å². The highest BCUT2D eigenvalue weighted by Crippen LogP contribution is 2.39. The molecule has 226 valence electrons. The largest absolute Gasteiger partial charge is 0.486 e. The van der Waals surface area contributed by atoms with Gasteiger partial charge in [0, 0.05) is 43.3 Å². The summed E-state index contributed by atoms with van der Waals surface area (Å²) in [6.07, 6.45) is 4.00. The number of aryl methyl sites for hydroxylation is 1. The van der Waals surface area contributed by atoms with Crippen LogP contribution in [-0.4, -0.2) is 73.5 Å². The molecule has 5 atom stereocenters. The van der Waals surface area contributed by atoms with Crippen molar-refractivity contribution in [3.63, 3.8) is 0 Å². The molecule has 1 aliphatic carbocycles. The molecule has 0 spiro atoms. The number of carbonyl (C=O) groups excluding carboxylic acids is 1. The van der Waals surface area contributed by atoms with Gasteiger partial charge in [0.1, 0.15) is 12.4 Å². The standard InChI is InChI=1S/C31H40Cl2N6O3/c1-5-41-29-15-24-21(12-26(29)37-30(40)9-7-11-39(3)4)31(20(16-34)17-36-24)38-25-13-23(33)28(14-22(25)32)42-18-27-19(2)8-6-10-35-27/h6,8,10,13-14,20-21,26,29,31,38H,5,7,9,11-12,15,17-18H2,1-4H3,(H,37,40). The van der Waals surface area contributed by atoms with Crippen LogP contribution in [0, 0.1) is 30.1 Å². The summed E-state index contributed by atoms with van der Waals surface area (Å²) in [5, 5.41) is 17.6. The first kappa shape index (κ1) is 32.0. The van der Waals surface area contributed by atoms with Crippen molar-refractivity contribution in [1.29, 1.82) is 5.26 Å². The molecule has 2 aliphatic rings. The van der Waals surface area contributed by atoms with Gasteiger partial charge >= 0.3 is 0 Å². The summed E-state index contributed by atoms with van der Waals surface area (Å²) in [5.41, 5.74) is 3.46. The molecular weight excluding hydrogens is 575 g/mol. The summed E-state index contributed by atoms with van der Waals surface area (Å²) in [6, 6.07) is 9.25. The van der Waals surface area contributed by atoms with E-state index in [1.54, 1.807) is 18.3 Å². The summed E-state index contributed by atoms with van der Waals surface area (Å²) < 4.78 is 12.0. The van der Waals surface area contributed by atoms with Gasteiger partial charge in [0.15, 0.2) is 0 Å². The number of carbonyl (C=O) groups is 1. The van der Waals surface area contributed by atoms with Gasteiger partial charge in [-0.1, -0.05) is 29.3 Å². The molecule has 2 aromatic rings. The van der Waals surface area contributed by atoms with Gasteiger partial charge in [0.05, 0.1) is 58.1 Å². The number of hydrogen-bond donors (Lipinski definition) is 2. The number of halogens is 2. The van der Waals surface area contributed by atoms with E-state index in [4.69, 9.17) is 37.7 Å². The highest BCUT2D eigenvalue weighted by atomic mass is 35.5. The minimum atomic E-state index is -0.378. The number of anilines is 1. The average molecular weight is 616 g/mol. The predicted octanol–water partition coefficient (Wildman–Crippen LogP) is 5.29. The van der Waals surface area contributed by atoms with Crippen molar-refractivity contribution >= 4 is 40.5 Å². The van der Waals surface area contributed by atoms with Crippen molar-refractivity contribution in [2.45, 2.75) is 64.3 Å². The van der Waals surface area contributed by atoms with E-state index in [1.807, 2.05) is 40.1 Å². The number of benzene rings is 1. The highest BCUT2D eigenvalue weighted by molar-refractivity contribution is 6.36. The molecule has 1 saturated carbocycles. The third-order valence-corrected chi connectivity index (χ3v) is 8.49.